The number of benzene rings is 1. The van der Waals surface area contributed by atoms with Crippen molar-refractivity contribution in [2.24, 2.45) is 0 Å². The van der Waals surface area contributed by atoms with Crippen molar-refractivity contribution in [3.63, 3.8) is 0 Å². The number of Topliss-reactive ketones (excluding diaryl/α,β-unsaturated/α-hetero) is 1. The molecule has 1 aliphatic rings. The van der Waals surface area contributed by atoms with Crippen LogP contribution in [0, 0.1) is 0 Å². The highest BCUT2D eigenvalue weighted by Crippen LogP contribution is 2.25. The zero-order chi connectivity index (χ0) is 15.7. The minimum atomic E-state index is -0.812. The van der Waals surface area contributed by atoms with E-state index in [0.29, 0.717) is 14.8 Å². The molecule has 0 saturated heterocycles. The van der Waals surface area contributed by atoms with Gasteiger partial charge in [-0.25, -0.2) is 4.79 Å². The van der Waals surface area contributed by atoms with Crippen molar-refractivity contribution in [1.82, 2.24) is 0 Å². The van der Waals surface area contributed by atoms with Gasteiger partial charge in [0.1, 0.15) is 4.88 Å². The van der Waals surface area contributed by atoms with E-state index in [2.05, 4.69) is 0 Å². The van der Waals surface area contributed by atoms with E-state index in [9.17, 15) is 9.59 Å². The number of carbonyl (C=O) groups excluding carboxylic acids is 2. The van der Waals surface area contributed by atoms with Crippen LogP contribution in [-0.4, -0.2) is 17.9 Å². The lowest BCUT2D eigenvalue weighted by molar-refractivity contribution is 0.0323. The Morgan fingerprint density at radius 2 is 1.95 bits per heavy atom. The molecule has 0 N–H and O–H groups in total. The Morgan fingerprint density at radius 1 is 1.18 bits per heavy atom. The van der Waals surface area contributed by atoms with Gasteiger partial charge in [0.2, 0.25) is 5.78 Å². The minimum absolute atomic E-state index is 0.175. The van der Waals surface area contributed by atoms with E-state index in [1.807, 2.05) is 18.2 Å². The van der Waals surface area contributed by atoms with Gasteiger partial charge in [0.05, 0.1) is 4.34 Å². The summed E-state index contributed by atoms with van der Waals surface area (Å²) in [6, 6.07) is 8.98. The van der Waals surface area contributed by atoms with Crippen molar-refractivity contribution in [2.75, 3.05) is 0 Å². The molecule has 0 aliphatic heterocycles. The summed E-state index contributed by atoms with van der Waals surface area (Å²) in [6.07, 6.45) is 2.41. The highest BCUT2D eigenvalue weighted by molar-refractivity contribution is 7.17. The molecule has 1 heterocycles. The van der Waals surface area contributed by atoms with Gasteiger partial charge in [0, 0.05) is 5.56 Å². The molecule has 0 saturated carbocycles. The third-order valence-electron chi connectivity index (χ3n) is 3.81. The predicted molar refractivity (Wildman–Crippen MR) is 87.0 cm³/mol. The van der Waals surface area contributed by atoms with Gasteiger partial charge in [-0.2, -0.15) is 0 Å². The Hall–Kier alpha value is -1.65. The van der Waals surface area contributed by atoms with Crippen molar-refractivity contribution < 1.29 is 14.3 Å². The number of hydrogen-bond acceptors (Lipinski definition) is 4. The van der Waals surface area contributed by atoms with E-state index in [1.54, 1.807) is 19.1 Å². The third-order valence-corrected chi connectivity index (χ3v) is 5.02. The lowest BCUT2D eigenvalue weighted by atomic mass is 10.0. The fourth-order valence-corrected chi connectivity index (χ4v) is 3.58. The molecule has 1 atom stereocenters. The first-order chi connectivity index (χ1) is 10.5. The number of rotatable bonds is 4. The Morgan fingerprint density at radius 3 is 2.68 bits per heavy atom. The fraction of sp³-hybridized carbons (Fsp3) is 0.294. The van der Waals surface area contributed by atoms with Crippen LogP contribution in [-0.2, 0) is 17.6 Å². The van der Waals surface area contributed by atoms with Crippen LogP contribution in [0.15, 0.2) is 30.3 Å². The second kappa shape index (κ2) is 6.23. The van der Waals surface area contributed by atoms with Crippen LogP contribution in [0.4, 0.5) is 0 Å². The quantitative estimate of drug-likeness (QED) is 0.618. The van der Waals surface area contributed by atoms with Crippen molar-refractivity contribution in [2.45, 2.75) is 32.3 Å². The molecule has 1 aromatic heterocycles. The monoisotopic (exact) mass is 334 g/mol. The van der Waals surface area contributed by atoms with E-state index in [0.717, 1.165) is 30.6 Å². The summed E-state index contributed by atoms with van der Waals surface area (Å²) in [6.45, 7) is 1.60. The molecule has 5 heteroatoms. The molecule has 3 nitrogen and oxygen atoms in total. The highest BCUT2D eigenvalue weighted by Gasteiger charge is 2.22. The number of carbonyl (C=O) groups is 2. The smallest absolute Gasteiger partial charge is 0.349 e. The van der Waals surface area contributed by atoms with Crippen LogP contribution in [0.25, 0.3) is 0 Å². The average Bonchev–Trinajstić information content (AvgIpc) is 3.13. The summed E-state index contributed by atoms with van der Waals surface area (Å²) in [5, 5.41) is 0. The van der Waals surface area contributed by atoms with Crippen LogP contribution >= 0.6 is 22.9 Å². The van der Waals surface area contributed by atoms with E-state index in [-0.39, 0.29) is 5.78 Å². The minimum Gasteiger partial charge on any atom is -0.450 e. The zero-order valence-electron chi connectivity index (χ0n) is 12.1. The SMILES string of the molecule is C[C@@H](OC(=O)c1ccc(Cl)s1)C(=O)c1ccc2c(c1)CCC2. The van der Waals surface area contributed by atoms with Crippen LogP contribution in [0.1, 0.15) is 44.5 Å². The molecule has 0 unspecified atom stereocenters. The van der Waals surface area contributed by atoms with Crippen molar-refractivity contribution in [3.05, 3.63) is 56.2 Å². The molecule has 22 heavy (non-hydrogen) atoms. The van der Waals surface area contributed by atoms with E-state index in [4.69, 9.17) is 16.3 Å². The van der Waals surface area contributed by atoms with E-state index < -0.39 is 12.1 Å². The normalized spacial score (nSPS) is 14.5. The van der Waals surface area contributed by atoms with Crippen molar-refractivity contribution in [1.29, 1.82) is 0 Å². The molecule has 0 bridgehead atoms. The predicted octanol–water partition coefficient (Wildman–Crippen LogP) is 4.32. The molecule has 2 aromatic rings. The number of fused-ring (bicyclic) bond motifs is 1. The lowest BCUT2D eigenvalue weighted by Gasteiger charge is -2.12. The first kappa shape index (κ1) is 15.3. The molecule has 0 amide bonds. The van der Waals surface area contributed by atoms with Gasteiger partial charge in [-0.1, -0.05) is 23.7 Å². The van der Waals surface area contributed by atoms with E-state index >= 15 is 0 Å². The molecule has 1 aliphatic carbocycles. The van der Waals surface area contributed by atoms with Gasteiger partial charge in [-0.15, -0.1) is 11.3 Å². The summed E-state index contributed by atoms with van der Waals surface area (Å²) < 4.78 is 5.77. The van der Waals surface area contributed by atoms with Gasteiger partial charge < -0.3 is 4.74 Å². The number of thiophene rings is 1. The lowest BCUT2D eigenvalue weighted by Crippen LogP contribution is -2.24. The Kier molecular flexibility index (Phi) is 4.32. The first-order valence-corrected chi connectivity index (χ1v) is 8.36. The van der Waals surface area contributed by atoms with Gasteiger partial charge >= 0.3 is 5.97 Å². The summed E-state index contributed by atoms with van der Waals surface area (Å²) in [7, 11) is 0. The summed E-state index contributed by atoms with van der Waals surface area (Å²) in [5.41, 5.74) is 3.15. The largest absolute Gasteiger partial charge is 0.450 e. The van der Waals surface area contributed by atoms with Crippen LogP contribution in [0.2, 0.25) is 4.34 Å². The molecule has 3 rings (SSSR count). The van der Waals surface area contributed by atoms with Crippen molar-refractivity contribution >= 4 is 34.7 Å². The Bertz CT molecular complexity index is 735. The second-order valence-electron chi connectivity index (χ2n) is 5.35. The van der Waals surface area contributed by atoms with Gasteiger partial charge in [-0.05, 0) is 55.5 Å². The molecular weight excluding hydrogens is 320 g/mol. The molecular formula is C17H15ClO3S. The Labute approximate surface area is 137 Å². The zero-order valence-corrected chi connectivity index (χ0v) is 13.7. The summed E-state index contributed by atoms with van der Waals surface area (Å²) in [5.74, 6) is -0.690. The maximum atomic E-state index is 12.4. The summed E-state index contributed by atoms with van der Waals surface area (Å²) in [4.78, 5) is 24.8. The Balaban J connectivity index is 1.70. The number of esters is 1. The molecule has 0 radical (unpaired) electrons. The number of hydrogen-bond donors (Lipinski definition) is 0. The maximum Gasteiger partial charge on any atom is 0.349 e. The molecule has 114 valence electrons. The number of ether oxygens (including phenoxy) is 1. The van der Waals surface area contributed by atoms with Gasteiger partial charge in [-0.3, -0.25) is 4.79 Å². The highest BCUT2D eigenvalue weighted by atomic mass is 35.5. The number of ketones is 1. The van der Waals surface area contributed by atoms with Crippen LogP contribution in [0.3, 0.4) is 0 Å². The standard InChI is InChI=1S/C17H15ClO3S/c1-10(21-17(20)14-7-8-15(18)22-14)16(19)13-6-5-11-3-2-4-12(11)9-13/h5-10H,2-4H2,1H3/t10-/m1/s1. The first-order valence-electron chi connectivity index (χ1n) is 7.17. The molecule has 0 fully saturated rings. The topological polar surface area (TPSA) is 43.4 Å². The third kappa shape index (κ3) is 3.08. The molecule has 0 spiro atoms. The second-order valence-corrected chi connectivity index (χ2v) is 7.07. The maximum absolute atomic E-state index is 12.4. The van der Waals surface area contributed by atoms with Crippen molar-refractivity contribution in [3.8, 4) is 0 Å². The van der Waals surface area contributed by atoms with Crippen LogP contribution < -0.4 is 0 Å². The summed E-state index contributed by atoms with van der Waals surface area (Å²) >= 11 is 6.94. The van der Waals surface area contributed by atoms with Gasteiger partial charge in [0.25, 0.3) is 0 Å². The van der Waals surface area contributed by atoms with Crippen LogP contribution in [0.5, 0.6) is 0 Å². The average molecular weight is 335 g/mol. The molecule has 1 aromatic carbocycles. The van der Waals surface area contributed by atoms with Gasteiger partial charge in [0.15, 0.2) is 6.10 Å². The fourth-order valence-electron chi connectivity index (χ4n) is 2.66. The number of halogens is 1. The number of aryl methyl sites for hydroxylation is 2. The van der Waals surface area contributed by atoms with E-state index in [1.165, 1.54) is 11.1 Å².